The van der Waals surface area contributed by atoms with Gasteiger partial charge in [0, 0.05) is 10.6 Å². The maximum Gasteiger partial charge on any atom is 0.0611 e. The van der Waals surface area contributed by atoms with Gasteiger partial charge in [-0.2, -0.15) is 0 Å². The van der Waals surface area contributed by atoms with Crippen molar-refractivity contribution in [2.24, 2.45) is 0 Å². The molecule has 1 aromatic rings. The summed E-state index contributed by atoms with van der Waals surface area (Å²) < 4.78 is 5.08. The average molecular weight is 216 g/mol. The molecule has 0 spiro atoms. The fourth-order valence-electron chi connectivity index (χ4n) is 1.10. The van der Waals surface area contributed by atoms with Crippen LogP contribution in [0.5, 0.6) is 0 Å². The lowest BCUT2D eigenvalue weighted by Gasteiger charge is -2.25. The number of rotatable bonds is 2. The predicted molar refractivity (Wildman–Crippen MR) is 56.3 cm³/mol. The summed E-state index contributed by atoms with van der Waals surface area (Å²) in [6.45, 7) is 1.60. The van der Waals surface area contributed by atoms with E-state index in [4.69, 9.17) is 22.1 Å². The van der Waals surface area contributed by atoms with Gasteiger partial charge in [0.25, 0.3) is 0 Å². The predicted octanol–water partition coefficient (Wildman–Crippen LogP) is 2.41. The van der Waals surface area contributed by atoms with E-state index in [1.54, 1.807) is 11.8 Å². The molecule has 0 amide bonds. The molecule has 0 radical (unpaired) electrons. The van der Waals surface area contributed by atoms with Crippen molar-refractivity contribution < 1.29 is 4.74 Å². The van der Waals surface area contributed by atoms with Crippen LogP contribution in [0, 0.1) is 0 Å². The Hall–Kier alpha value is -0.380. The molecular weight excluding hydrogens is 206 g/mol. The molecule has 1 heterocycles. The summed E-state index contributed by atoms with van der Waals surface area (Å²) in [5.74, 6) is 0. The minimum Gasteiger partial charge on any atom is -0.398 e. The van der Waals surface area contributed by atoms with Gasteiger partial charge >= 0.3 is 0 Å². The molecule has 1 aliphatic rings. The number of anilines is 1. The Balaban J connectivity index is 2.17. The van der Waals surface area contributed by atoms with Crippen molar-refractivity contribution in [3.8, 4) is 0 Å². The van der Waals surface area contributed by atoms with Gasteiger partial charge in [-0.25, -0.2) is 0 Å². The Labute approximate surface area is 86.4 Å². The van der Waals surface area contributed by atoms with E-state index in [1.807, 2.05) is 18.2 Å². The van der Waals surface area contributed by atoms with Gasteiger partial charge in [-0.3, -0.25) is 0 Å². The topological polar surface area (TPSA) is 35.2 Å². The SMILES string of the molecule is Nc1cccc(Cl)c1SC1COC1. The Morgan fingerprint density at radius 3 is 2.77 bits per heavy atom. The lowest BCUT2D eigenvalue weighted by Crippen LogP contribution is -2.30. The maximum atomic E-state index is 6.01. The molecule has 70 valence electrons. The molecule has 1 saturated heterocycles. The van der Waals surface area contributed by atoms with Crippen LogP contribution in [-0.2, 0) is 4.74 Å². The van der Waals surface area contributed by atoms with Crippen LogP contribution in [0.2, 0.25) is 5.02 Å². The minimum absolute atomic E-state index is 0.516. The van der Waals surface area contributed by atoms with Gasteiger partial charge in [0.2, 0.25) is 0 Å². The number of hydrogen-bond acceptors (Lipinski definition) is 3. The molecule has 0 saturated carbocycles. The van der Waals surface area contributed by atoms with Crippen LogP contribution in [0.4, 0.5) is 5.69 Å². The Morgan fingerprint density at radius 1 is 1.46 bits per heavy atom. The number of halogens is 1. The molecule has 2 N–H and O–H groups in total. The van der Waals surface area contributed by atoms with Gasteiger partial charge < -0.3 is 10.5 Å². The van der Waals surface area contributed by atoms with Crippen LogP contribution in [-0.4, -0.2) is 18.5 Å². The second kappa shape index (κ2) is 3.78. The van der Waals surface area contributed by atoms with Crippen molar-refractivity contribution in [3.05, 3.63) is 23.2 Å². The van der Waals surface area contributed by atoms with Crippen molar-refractivity contribution in [2.45, 2.75) is 10.1 Å². The number of ether oxygens (including phenoxy) is 1. The van der Waals surface area contributed by atoms with E-state index < -0.39 is 0 Å². The Bertz CT molecular complexity index is 294. The molecule has 1 aliphatic heterocycles. The average Bonchev–Trinajstić information content (AvgIpc) is 2.00. The molecule has 13 heavy (non-hydrogen) atoms. The van der Waals surface area contributed by atoms with Crippen LogP contribution < -0.4 is 5.73 Å². The summed E-state index contributed by atoms with van der Waals surface area (Å²) in [5, 5.41) is 1.25. The third kappa shape index (κ3) is 1.93. The summed E-state index contributed by atoms with van der Waals surface area (Å²) in [6.07, 6.45) is 0. The van der Waals surface area contributed by atoms with Gasteiger partial charge in [0.1, 0.15) is 0 Å². The van der Waals surface area contributed by atoms with Gasteiger partial charge in [0.05, 0.1) is 23.5 Å². The minimum atomic E-state index is 0.516. The molecule has 4 heteroatoms. The number of benzene rings is 1. The standard InChI is InChI=1S/C9H10ClNOS/c10-7-2-1-3-8(11)9(7)13-6-4-12-5-6/h1-3,6H,4-5,11H2. The van der Waals surface area contributed by atoms with Crippen molar-refractivity contribution in [1.29, 1.82) is 0 Å². The Morgan fingerprint density at radius 2 is 2.23 bits per heavy atom. The zero-order chi connectivity index (χ0) is 9.26. The number of thioether (sulfide) groups is 1. The second-order valence-corrected chi connectivity index (χ2v) is 4.65. The zero-order valence-electron chi connectivity index (χ0n) is 7.00. The lowest BCUT2D eigenvalue weighted by atomic mass is 10.3. The number of hydrogen-bond donors (Lipinski definition) is 1. The van der Waals surface area contributed by atoms with Gasteiger partial charge in [-0.15, -0.1) is 11.8 Å². The van der Waals surface area contributed by atoms with E-state index in [0.29, 0.717) is 5.25 Å². The Kier molecular flexibility index (Phi) is 2.67. The van der Waals surface area contributed by atoms with E-state index in [1.165, 1.54) is 0 Å². The van der Waals surface area contributed by atoms with E-state index in [9.17, 15) is 0 Å². The summed E-state index contributed by atoms with van der Waals surface area (Å²) in [7, 11) is 0. The fraction of sp³-hybridized carbons (Fsp3) is 0.333. The molecule has 0 bridgehead atoms. The molecule has 0 unspecified atom stereocenters. The molecule has 2 nitrogen and oxygen atoms in total. The van der Waals surface area contributed by atoms with E-state index in [0.717, 1.165) is 28.8 Å². The first-order valence-corrected chi connectivity index (χ1v) is 5.31. The molecule has 1 fully saturated rings. The zero-order valence-corrected chi connectivity index (χ0v) is 8.57. The van der Waals surface area contributed by atoms with Crippen molar-refractivity contribution in [3.63, 3.8) is 0 Å². The first-order valence-electron chi connectivity index (χ1n) is 4.06. The largest absolute Gasteiger partial charge is 0.398 e. The van der Waals surface area contributed by atoms with Crippen molar-refractivity contribution >= 4 is 29.1 Å². The van der Waals surface area contributed by atoms with Gasteiger partial charge in [-0.1, -0.05) is 17.7 Å². The third-order valence-corrected chi connectivity index (χ3v) is 3.61. The maximum absolute atomic E-state index is 6.01. The summed E-state index contributed by atoms with van der Waals surface area (Å²) in [4.78, 5) is 0.984. The normalized spacial score (nSPS) is 17.0. The van der Waals surface area contributed by atoms with Crippen LogP contribution >= 0.6 is 23.4 Å². The lowest BCUT2D eigenvalue weighted by molar-refractivity contribution is 0.0455. The first kappa shape index (κ1) is 9.19. The van der Waals surface area contributed by atoms with Crippen LogP contribution in [0.15, 0.2) is 23.1 Å². The van der Waals surface area contributed by atoms with Gasteiger partial charge in [-0.05, 0) is 12.1 Å². The van der Waals surface area contributed by atoms with Crippen LogP contribution in [0.25, 0.3) is 0 Å². The highest BCUT2D eigenvalue weighted by Gasteiger charge is 2.21. The molecular formula is C9H10ClNOS. The molecule has 0 aromatic heterocycles. The highest BCUT2D eigenvalue weighted by Crippen LogP contribution is 2.37. The van der Waals surface area contributed by atoms with Crippen LogP contribution in [0.1, 0.15) is 0 Å². The van der Waals surface area contributed by atoms with Crippen molar-refractivity contribution in [2.75, 3.05) is 18.9 Å². The summed E-state index contributed by atoms with van der Waals surface area (Å²) in [5.41, 5.74) is 6.56. The molecule has 1 aromatic carbocycles. The fourth-order valence-corrected chi connectivity index (χ4v) is 2.46. The first-order chi connectivity index (χ1) is 6.27. The highest BCUT2D eigenvalue weighted by atomic mass is 35.5. The van der Waals surface area contributed by atoms with Crippen LogP contribution in [0.3, 0.4) is 0 Å². The summed E-state index contributed by atoms with van der Waals surface area (Å²) >= 11 is 7.71. The quantitative estimate of drug-likeness (QED) is 0.770. The molecule has 2 rings (SSSR count). The second-order valence-electron chi connectivity index (χ2n) is 2.94. The van der Waals surface area contributed by atoms with Gasteiger partial charge in [0.15, 0.2) is 0 Å². The van der Waals surface area contributed by atoms with E-state index >= 15 is 0 Å². The highest BCUT2D eigenvalue weighted by molar-refractivity contribution is 8.00. The number of nitrogen functional groups attached to an aromatic ring is 1. The number of nitrogens with two attached hydrogens (primary N) is 1. The van der Waals surface area contributed by atoms with Crippen molar-refractivity contribution in [1.82, 2.24) is 0 Å². The van der Waals surface area contributed by atoms with E-state index in [2.05, 4.69) is 0 Å². The molecule has 0 atom stereocenters. The van der Waals surface area contributed by atoms with E-state index in [-0.39, 0.29) is 0 Å². The molecule has 0 aliphatic carbocycles. The third-order valence-electron chi connectivity index (χ3n) is 1.89. The monoisotopic (exact) mass is 215 g/mol. The summed E-state index contributed by atoms with van der Waals surface area (Å²) in [6, 6.07) is 5.59. The smallest absolute Gasteiger partial charge is 0.0611 e.